The van der Waals surface area contributed by atoms with Gasteiger partial charge in [-0.1, -0.05) is 6.07 Å². The molecule has 0 amide bonds. The molecule has 3 heterocycles. The number of pyridine rings is 1. The zero-order valence-corrected chi connectivity index (χ0v) is 12.9. The molecule has 2 aromatic heterocycles. The van der Waals surface area contributed by atoms with Gasteiger partial charge in [0.1, 0.15) is 5.82 Å². The molecule has 1 aliphatic heterocycles. The van der Waals surface area contributed by atoms with Crippen molar-refractivity contribution in [3.63, 3.8) is 0 Å². The Kier molecular flexibility index (Phi) is 4.85. The lowest BCUT2D eigenvalue weighted by Gasteiger charge is -2.32. The van der Waals surface area contributed by atoms with Gasteiger partial charge in [0.2, 0.25) is 0 Å². The van der Waals surface area contributed by atoms with Gasteiger partial charge in [-0.3, -0.25) is 4.90 Å². The molecule has 1 unspecified atom stereocenters. The molecule has 0 saturated carbocycles. The maximum absolute atomic E-state index is 5.89. The van der Waals surface area contributed by atoms with Gasteiger partial charge in [-0.25, -0.2) is 4.98 Å². The topological polar surface area (TPSA) is 51.4 Å². The summed E-state index contributed by atoms with van der Waals surface area (Å²) >= 11 is 1.83. The highest BCUT2D eigenvalue weighted by Crippen LogP contribution is 2.17. The fourth-order valence-corrected chi connectivity index (χ4v) is 3.45. The summed E-state index contributed by atoms with van der Waals surface area (Å²) in [6.07, 6.45) is 4.11. The van der Waals surface area contributed by atoms with Crippen molar-refractivity contribution in [2.75, 3.05) is 25.4 Å². The zero-order chi connectivity index (χ0) is 14.5. The van der Waals surface area contributed by atoms with Crippen molar-refractivity contribution in [1.29, 1.82) is 0 Å². The average molecular weight is 303 g/mol. The van der Waals surface area contributed by atoms with E-state index in [1.165, 1.54) is 10.4 Å². The van der Waals surface area contributed by atoms with Crippen molar-refractivity contribution in [2.45, 2.75) is 25.5 Å². The number of aromatic nitrogens is 1. The SMILES string of the molecule is Nc1cc(CCC2CN(Cc3cccs3)CCO2)ccn1. The molecule has 2 N–H and O–H groups in total. The number of nitrogens with two attached hydrogens (primary N) is 1. The highest BCUT2D eigenvalue weighted by molar-refractivity contribution is 7.09. The second-order valence-electron chi connectivity index (χ2n) is 5.43. The number of aryl methyl sites for hydroxylation is 1. The fourth-order valence-electron chi connectivity index (χ4n) is 2.70. The molecule has 0 aliphatic carbocycles. The molecule has 3 rings (SSSR count). The van der Waals surface area contributed by atoms with Gasteiger partial charge in [-0.15, -0.1) is 11.3 Å². The monoisotopic (exact) mass is 303 g/mol. The number of ether oxygens (including phenoxy) is 1. The van der Waals surface area contributed by atoms with Gasteiger partial charge in [-0.05, 0) is 42.0 Å². The lowest BCUT2D eigenvalue weighted by atomic mass is 10.1. The van der Waals surface area contributed by atoms with Crippen LogP contribution in [0.15, 0.2) is 35.8 Å². The second kappa shape index (κ2) is 7.02. The van der Waals surface area contributed by atoms with E-state index in [4.69, 9.17) is 10.5 Å². The molecule has 0 spiro atoms. The van der Waals surface area contributed by atoms with Crippen molar-refractivity contribution >= 4 is 17.2 Å². The van der Waals surface area contributed by atoms with E-state index in [9.17, 15) is 0 Å². The molecule has 0 bridgehead atoms. The first-order valence-corrected chi connectivity index (χ1v) is 8.24. The Balaban J connectivity index is 1.49. The molecule has 21 heavy (non-hydrogen) atoms. The quantitative estimate of drug-likeness (QED) is 0.922. The van der Waals surface area contributed by atoms with E-state index in [0.29, 0.717) is 11.9 Å². The van der Waals surface area contributed by atoms with Crippen LogP contribution in [0.1, 0.15) is 16.9 Å². The van der Waals surface area contributed by atoms with E-state index >= 15 is 0 Å². The summed E-state index contributed by atoms with van der Waals surface area (Å²) in [7, 11) is 0. The van der Waals surface area contributed by atoms with E-state index in [1.54, 1.807) is 6.20 Å². The summed E-state index contributed by atoms with van der Waals surface area (Å²) in [6.45, 7) is 3.91. The average Bonchev–Trinajstić information content (AvgIpc) is 2.99. The number of morpholine rings is 1. The zero-order valence-electron chi connectivity index (χ0n) is 12.1. The molecule has 0 radical (unpaired) electrons. The van der Waals surface area contributed by atoms with Crippen molar-refractivity contribution in [2.24, 2.45) is 0 Å². The normalized spacial score (nSPS) is 19.7. The van der Waals surface area contributed by atoms with Gasteiger partial charge in [0.25, 0.3) is 0 Å². The Hall–Kier alpha value is -1.43. The van der Waals surface area contributed by atoms with E-state index < -0.39 is 0 Å². The number of hydrogen-bond acceptors (Lipinski definition) is 5. The van der Waals surface area contributed by atoms with Crippen LogP contribution in [0.4, 0.5) is 5.82 Å². The van der Waals surface area contributed by atoms with Crippen LogP contribution in [-0.4, -0.2) is 35.7 Å². The minimum atomic E-state index is 0.313. The molecule has 5 heteroatoms. The number of nitrogen functional groups attached to an aromatic ring is 1. The van der Waals surface area contributed by atoms with E-state index in [1.807, 2.05) is 23.5 Å². The lowest BCUT2D eigenvalue weighted by molar-refractivity contribution is -0.0342. The third-order valence-electron chi connectivity index (χ3n) is 3.78. The Bertz CT molecular complexity index is 558. The predicted molar refractivity (Wildman–Crippen MR) is 86.3 cm³/mol. The number of nitrogens with zero attached hydrogens (tertiary/aromatic N) is 2. The first-order valence-electron chi connectivity index (χ1n) is 7.36. The summed E-state index contributed by atoms with van der Waals surface area (Å²) in [5, 5.41) is 2.14. The van der Waals surface area contributed by atoms with Gasteiger partial charge >= 0.3 is 0 Å². The number of rotatable bonds is 5. The first-order chi connectivity index (χ1) is 10.3. The van der Waals surface area contributed by atoms with Crippen LogP contribution in [0, 0.1) is 0 Å². The molecule has 1 saturated heterocycles. The molecule has 112 valence electrons. The summed E-state index contributed by atoms with van der Waals surface area (Å²) in [5.74, 6) is 0.594. The van der Waals surface area contributed by atoms with Gasteiger partial charge in [-0.2, -0.15) is 0 Å². The minimum Gasteiger partial charge on any atom is -0.384 e. The maximum atomic E-state index is 5.89. The Morgan fingerprint density at radius 2 is 2.38 bits per heavy atom. The van der Waals surface area contributed by atoms with Crippen LogP contribution >= 0.6 is 11.3 Å². The third kappa shape index (κ3) is 4.27. The van der Waals surface area contributed by atoms with Crippen LogP contribution in [-0.2, 0) is 17.7 Å². The molecule has 1 fully saturated rings. The van der Waals surface area contributed by atoms with Crippen molar-refractivity contribution in [3.05, 3.63) is 46.3 Å². The number of thiophene rings is 1. The molecular formula is C16H21N3OS. The third-order valence-corrected chi connectivity index (χ3v) is 4.64. The summed E-state index contributed by atoms with van der Waals surface area (Å²) in [4.78, 5) is 7.94. The van der Waals surface area contributed by atoms with Crippen molar-refractivity contribution in [3.8, 4) is 0 Å². The van der Waals surface area contributed by atoms with Crippen LogP contribution in [0.5, 0.6) is 0 Å². The van der Waals surface area contributed by atoms with E-state index in [0.717, 1.165) is 39.1 Å². The summed E-state index contributed by atoms with van der Waals surface area (Å²) in [5.41, 5.74) is 6.95. The van der Waals surface area contributed by atoms with E-state index in [2.05, 4.69) is 27.4 Å². The number of anilines is 1. The predicted octanol–water partition coefficient (Wildman–Crippen LogP) is 2.56. The number of hydrogen-bond donors (Lipinski definition) is 1. The Morgan fingerprint density at radius 3 is 3.19 bits per heavy atom. The maximum Gasteiger partial charge on any atom is 0.123 e. The summed E-state index contributed by atoms with van der Waals surface area (Å²) < 4.78 is 5.89. The van der Waals surface area contributed by atoms with Gasteiger partial charge in [0, 0.05) is 30.7 Å². The van der Waals surface area contributed by atoms with Crippen LogP contribution < -0.4 is 5.73 Å². The molecule has 0 aromatic carbocycles. The van der Waals surface area contributed by atoms with Gasteiger partial charge in [0.15, 0.2) is 0 Å². The first kappa shape index (κ1) is 14.5. The molecular weight excluding hydrogens is 282 g/mol. The second-order valence-corrected chi connectivity index (χ2v) is 6.47. The van der Waals surface area contributed by atoms with Crippen molar-refractivity contribution in [1.82, 2.24) is 9.88 Å². The molecule has 1 aliphatic rings. The lowest BCUT2D eigenvalue weighted by Crippen LogP contribution is -2.41. The van der Waals surface area contributed by atoms with Gasteiger partial charge < -0.3 is 10.5 Å². The standard InChI is InChI=1S/C16H21N3OS/c17-16-10-13(5-6-18-16)3-4-14-11-19(7-8-20-14)12-15-2-1-9-21-15/h1-2,5-6,9-10,14H,3-4,7-8,11-12H2,(H2,17,18). The molecule has 4 nitrogen and oxygen atoms in total. The fraction of sp³-hybridized carbons (Fsp3) is 0.438. The largest absolute Gasteiger partial charge is 0.384 e. The molecule has 2 aromatic rings. The van der Waals surface area contributed by atoms with Crippen molar-refractivity contribution < 1.29 is 4.74 Å². The summed E-state index contributed by atoms with van der Waals surface area (Å²) in [6, 6.07) is 8.30. The Morgan fingerprint density at radius 1 is 1.43 bits per heavy atom. The smallest absolute Gasteiger partial charge is 0.123 e. The Labute approximate surface area is 129 Å². The highest BCUT2D eigenvalue weighted by Gasteiger charge is 2.20. The van der Waals surface area contributed by atoms with Crippen LogP contribution in [0.2, 0.25) is 0 Å². The minimum absolute atomic E-state index is 0.313. The molecule has 1 atom stereocenters. The van der Waals surface area contributed by atoms with Crippen LogP contribution in [0.3, 0.4) is 0 Å². The van der Waals surface area contributed by atoms with E-state index in [-0.39, 0.29) is 0 Å². The van der Waals surface area contributed by atoms with Gasteiger partial charge in [0.05, 0.1) is 12.7 Å². The van der Waals surface area contributed by atoms with Crippen LogP contribution in [0.25, 0.3) is 0 Å². The highest BCUT2D eigenvalue weighted by atomic mass is 32.1.